The monoisotopic (exact) mass is 284 g/mol. The molecule has 1 fully saturated rings. The third kappa shape index (κ3) is 1.91. The van der Waals surface area contributed by atoms with E-state index in [9.17, 15) is 8.42 Å². The second kappa shape index (κ2) is 4.24. The zero-order valence-corrected chi connectivity index (χ0v) is 11.3. The van der Waals surface area contributed by atoms with Crippen molar-refractivity contribution in [1.82, 2.24) is 9.97 Å². The summed E-state index contributed by atoms with van der Waals surface area (Å²) in [5, 5.41) is 0.0397. The van der Waals surface area contributed by atoms with Gasteiger partial charge in [0, 0.05) is 0 Å². The Morgan fingerprint density at radius 1 is 1.33 bits per heavy atom. The van der Waals surface area contributed by atoms with Crippen molar-refractivity contribution in [2.75, 3.05) is 5.75 Å². The summed E-state index contributed by atoms with van der Waals surface area (Å²) in [7, 11) is -3.07. The van der Waals surface area contributed by atoms with Gasteiger partial charge in [-0.1, -0.05) is 24.1 Å². The quantitative estimate of drug-likeness (QED) is 0.876. The lowest BCUT2D eigenvalue weighted by atomic mass is 10.2. The third-order valence-electron chi connectivity index (χ3n) is 3.37. The maximum Gasteiger partial charge on any atom is 0.160 e. The molecule has 1 aromatic carbocycles. The number of hydrogen-bond donors (Lipinski definition) is 1. The van der Waals surface area contributed by atoms with Gasteiger partial charge in [0.1, 0.15) is 16.6 Å². The van der Waals surface area contributed by atoms with Crippen molar-refractivity contribution >= 4 is 32.5 Å². The fraction of sp³-hybridized carbons (Fsp3) is 0.417. The maximum atomic E-state index is 12.1. The molecule has 0 aliphatic carbocycles. The highest BCUT2D eigenvalue weighted by atomic mass is 35.5. The van der Waals surface area contributed by atoms with E-state index >= 15 is 0 Å². The molecular weight excluding hydrogens is 272 g/mol. The van der Waals surface area contributed by atoms with Crippen LogP contribution in [0.2, 0.25) is 5.02 Å². The SMILES string of the molecule is O=S1(=O)CCCCC1c1nc2c(Cl)cccc2[nH]1. The summed E-state index contributed by atoms with van der Waals surface area (Å²) in [4.78, 5) is 7.45. The lowest BCUT2D eigenvalue weighted by Gasteiger charge is -2.20. The first-order valence-electron chi connectivity index (χ1n) is 5.93. The fourth-order valence-electron chi connectivity index (χ4n) is 2.43. The normalized spacial score (nSPS) is 23.3. The van der Waals surface area contributed by atoms with E-state index in [0.717, 1.165) is 18.4 Å². The molecule has 1 atom stereocenters. The molecule has 1 aromatic heterocycles. The number of hydrogen-bond acceptors (Lipinski definition) is 3. The smallest absolute Gasteiger partial charge is 0.160 e. The number of H-pyrrole nitrogens is 1. The molecule has 1 aliphatic heterocycles. The number of aromatic amines is 1. The summed E-state index contributed by atoms with van der Waals surface area (Å²) >= 11 is 6.05. The van der Waals surface area contributed by atoms with Gasteiger partial charge in [0.25, 0.3) is 0 Å². The molecule has 2 aromatic rings. The van der Waals surface area contributed by atoms with Crippen molar-refractivity contribution in [3.05, 3.63) is 29.0 Å². The van der Waals surface area contributed by atoms with E-state index in [0.29, 0.717) is 22.8 Å². The Bertz CT molecular complexity index is 693. The van der Waals surface area contributed by atoms with Crippen molar-refractivity contribution < 1.29 is 8.42 Å². The van der Waals surface area contributed by atoms with Crippen molar-refractivity contribution in [1.29, 1.82) is 0 Å². The first-order valence-corrected chi connectivity index (χ1v) is 8.03. The Hall–Kier alpha value is -1.07. The molecule has 2 heterocycles. The molecule has 0 bridgehead atoms. The van der Waals surface area contributed by atoms with Crippen LogP contribution >= 0.6 is 11.6 Å². The lowest BCUT2D eigenvalue weighted by Crippen LogP contribution is -2.22. The van der Waals surface area contributed by atoms with Crippen molar-refractivity contribution in [2.45, 2.75) is 24.5 Å². The van der Waals surface area contributed by atoms with E-state index in [-0.39, 0.29) is 5.75 Å². The van der Waals surface area contributed by atoms with Crippen LogP contribution in [0.15, 0.2) is 18.2 Å². The van der Waals surface area contributed by atoms with Crippen molar-refractivity contribution in [3.63, 3.8) is 0 Å². The van der Waals surface area contributed by atoms with Gasteiger partial charge in [-0.25, -0.2) is 13.4 Å². The van der Waals surface area contributed by atoms with Gasteiger partial charge in [0.2, 0.25) is 0 Å². The zero-order valence-electron chi connectivity index (χ0n) is 9.69. The summed E-state index contributed by atoms with van der Waals surface area (Å²) in [6.07, 6.45) is 2.31. The van der Waals surface area contributed by atoms with E-state index in [1.807, 2.05) is 12.1 Å². The molecule has 0 spiro atoms. The Morgan fingerprint density at radius 2 is 2.17 bits per heavy atom. The van der Waals surface area contributed by atoms with Gasteiger partial charge in [-0.15, -0.1) is 0 Å². The van der Waals surface area contributed by atoms with Gasteiger partial charge in [0.05, 0.1) is 16.3 Å². The second-order valence-corrected chi connectivity index (χ2v) is 7.32. The zero-order chi connectivity index (χ0) is 12.8. The van der Waals surface area contributed by atoms with Crippen LogP contribution in [0.25, 0.3) is 11.0 Å². The summed E-state index contributed by atoms with van der Waals surface area (Å²) in [6.45, 7) is 0. The number of sulfone groups is 1. The van der Waals surface area contributed by atoms with Crippen molar-refractivity contribution in [3.8, 4) is 0 Å². The van der Waals surface area contributed by atoms with Gasteiger partial charge in [0.15, 0.2) is 9.84 Å². The lowest BCUT2D eigenvalue weighted by molar-refractivity contribution is 0.540. The Labute approximate surface area is 110 Å². The number of rotatable bonds is 1. The molecule has 4 nitrogen and oxygen atoms in total. The molecule has 3 rings (SSSR count). The van der Waals surface area contributed by atoms with Gasteiger partial charge in [-0.3, -0.25) is 0 Å². The molecule has 0 radical (unpaired) electrons. The van der Waals surface area contributed by atoms with Crippen LogP contribution in [-0.4, -0.2) is 24.1 Å². The highest BCUT2D eigenvalue weighted by Crippen LogP contribution is 2.33. The number of nitrogens with one attached hydrogen (secondary N) is 1. The minimum atomic E-state index is -3.07. The molecule has 0 saturated carbocycles. The number of fused-ring (bicyclic) bond motifs is 1. The van der Waals surface area contributed by atoms with Gasteiger partial charge in [-0.05, 0) is 25.0 Å². The van der Waals surface area contributed by atoms with Crippen LogP contribution in [0.1, 0.15) is 30.3 Å². The van der Waals surface area contributed by atoms with Crippen LogP contribution in [0.4, 0.5) is 0 Å². The van der Waals surface area contributed by atoms with Crippen molar-refractivity contribution in [2.24, 2.45) is 0 Å². The number of benzene rings is 1. The summed E-state index contributed by atoms with van der Waals surface area (Å²) < 4.78 is 24.1. The number of aromatic nitrogens is 2. The molecular formula is C12H13ClN2O2S. The molecule has 96 valence electrons. The second-order valence-electron chi connectivity index (χ2n) is 4.61. The number of imidazole rings is 1. The topological polar surface area (TPSA) is 62.8 Å². The third-order valence-corrected chi connectivity index (χ3v) is 5.85. The van der Waals surface area contributed by atoms with E-state index in [4.69, 9.17) is 11.6 Å². The standard InChI is InChI=1S/C12H13ClN2O2S/c13-8-4-3-5-9-11(8)15-12(14-9)10-6-1-2-7-18(10,16)17/h3-5,10H,1-2,6-7H2,(H,14,15). The van der Waals surface area contributed by atoms with Crippen LogP contribution in [-0.2, 0) is 9.84 Å². The summed E-state index contributed by atoms with van der Waals surface area (Å²) in [6, 6.07) is 5.43. The number of nitrogens with zero attached hydrogens (tertiary/aromatic N) is 1. The van der Waals surface area contributed by atoms with E-state index in [1.165, 1.54) is 0 Å². The highest BCUT2D eigenvalue weighted by Gasteiger charge is 2.32. The van der Waals surface area contributed by atoms with Crippen LogP contribution in [0.5, 0.6) is 0 Å². The first kappa shape index (κ1) is 12.0. The minimum Gasteiger partial charge on any atom is -0.341 e. The van der Waals surface area contributed by atoms with Crippen LogP contribution in [0.3, 0.4) is 0 Å². The van der Waals surface area contributed by atoms with E-state index in [1.54, 1.807) is 6.07 Å². The van der Waals surface area contributed by atoms with Crippen LogP contribution in [0, 0.1) is 0 Å². The highest BCUT2D eigenvalue weighted by molar-refractivity contribution is 7.91. The molecule has 0 amide bonds. The minimum absolute atomic E-state index is 0.252. The Kier molecular flexibility index (Phi) is 2.83. The van der Waals surface area contributed by atoms with Gasteiger partial charge in [-0.2, -0.15) is 0 Å². The molecule has 1 unspecified atom stereocenters. The number of para-hydroxylation sites is 1. The maximum absolute atomic E-state index is 12.1. The van der Waals surface area contributed by atoms with Gasteiger partial charge < -0.3 is 4.98 Å². The predicted octanol–water partition coefficient (Wildman–Crippen LogP) is 2.86. The van der Waals surface area contributed by atoms with Gasteiger partial charge >= 0.3 is 0 Å². The average Bonchev–Trinajstić information content (AvgIpc) is 2.73. The Balaban J connectivity index is 2.12. The predicted molar refractivity (Wildman–Crippen MR) is 71.5 cm³/mol. The fourth-order valence-corrected chi connectivity index (χ4v) is 4.52. The number of halogens is 1. The molecule has 1 saturated heterocycles. The van der Waals surface area contributed by atoms with Crippen LogP contribution < -0.4 is 0 Å². The Morgan fingerprint density at radius 3 is 2.89 bits per heavy atom. The largest absolute Gasteiger partial charge is 0.341 e. The molecule has 18 heavy (non-hydrogen) atoms. The van der Waals surface area contributed by atoms with E-state index < -0.39 is 15.1 Å². The molecule has 1 N–H and O–H groups in total. The first-order chi connectivity index (χ1) is 8.58. The molecule has 6 heteroatoms. The molecule has 1 aliphatic rings. The van der Waals surface area contributed by atoms with E-state index in [2.05, 4.69) is 9.97 Å². The average molecular weight is 285 g/mol. The summed E-state index contributed by atoms with van der Waals surface area (Å²) in [5.74, 6) is 0.778. The summed E-state index contributed by atoms with van der Waals surface area (Å²) in [5.41, 5.74) is 1.44.